The Labute approximate surface area is 187 Å². The number of fused-ring (bicyclic) bond motifs is 1. The van der Waals surface area contributed by atoms with Crippen LogP contribution in [0.25, 0.3) is 22.2 Å². The standard InChI is InChI=1S/C25H29N3O4/c1-2-3-8-20(16-27(31)17-29)25(30)28-14-7-11-22(28)24-26-21-15-19(12-13-23(21)32-24)18-9-5-4-6-10-18/h4-6,9-10,12-13,15,17,20,22,31H,2-3,7-8,11,14,16H2,1H3. The number of rotatable bonds is 9. The quantitative estimate of drug-likeness (QED) is 0.296. The van der Waals surface area contributed by atoms with E-state index < -0.39 is 5.92 Å². The molecule has 2 heterocycles. The van der Waals surface area contributed by atoms with E-state index in [1.54, 1.807) is 0 Å². The number of nitrogens with zero attached hydrogens (tertiary/aromatic N) is 3. The summed E-state index contributed by atoms with van der Waals surface area (Å²) >= 11 is 0. The molecule has 7 heteroatoms. The van der Waals surface area contributed by atoms with Crippen LogP contribution >= 0.6 is 0 Å². The minimum atomic E-state index is -0.445. The van der Waals surface area contributed by atoms with Crippen molar-refractivity contribution >= 4 is 23.4 Å². The second kappa shape index (κ2) is 9.96. The van der Waals surface area contributed by atoms with Gasteiger partial charge in [0.05, 0.1) is 12.5 Å². The van der Waals surface area contributed by atoms with Gasteiger partial charge in [-0.05, 0) is 42.5 Å². The highest BCUT2D eigenvalue weighted by molar-refractivity contribution is 5.82. The molecule has 2 unspecified atom stereocenters. The van der Waals surface area contributed by atoms with E-state index in [1.165, 1.54) is 0 Å². The summed E-state index contributed by atoms with van der Waals surface area (Å²) in [5, 5.41) is 10.2. The number of unbranched alkanes of at least 4 members (excludes halogenated alkanes) is 1. The maximum Gasteiger partial charge on any atom is 0.233 e. The van der Waals surface area contributed by atoms with E-state index in [1.807, 2.05) is 41.3 Å². The molecule has 168 valence electrons. The predicted molar refractivity (Wildman–Crippen MR) is 121 cm³/mol. The molecule has 2 aromatic carbocycles. The zero-order valence-corrected chi connectivity index (χ0v) is 18.3. The molecule has 1 fully saturated rings. The molecular formula is C25H29N3O4. The Kier molecular flexibility index (Phi) is 6.85. The number of aromatic nitrogens is 1. The molecule has 4 rings (SSSR count). The Bertz CT molecular complexity index is 1070. The van der Waals surface area contributed by atoms with Gasteiger partial charge in [-0.2, -0.15) is 0 Å². The van der Waals surface area contributed by atoms with Gasteiger partial charge >= 0.3 is 0 Å². The number of likely N-dealkylation sites (tertiary alicyclic amines) is 1. The first-order valence-corrected chi connectivity index (χ1v) is 11.3. The first-order chi connectivity index (χ1) is 15.6. The van der Waals surface area contributed by atoms with E-state index >= 15 is 0 Å². The average molecular weight is 436 g/mol. The van der Waals surface area contributed by atoms with Crippen molar-refractivity contribution in [2.45, 2.75) is 45.1 Å². The smallest absolute Gasteiger partial charge is 0.233 e. The highest BCUT2D eigenvalue weighted by Gasteiger charge is 2.37. The number of carbonyl (C=O) groups is 2. The molecule has 0 bridgehead atoms. The van der Waals surface area contributed by atoms with Crippen LogP contribution in [0.5, 0.6) is 0 Å². The monoisotopic (exact) mass is 435 g/mol. The molecular weight excluding hydrogens is 406 g/mol. The maximum absolute atomic E-state index is 13.3. The maximum atomic E-state index is 13.3. The van der Waals surface area contributed by atoms with Gasteiger partial charge in [0, 0.05) is 6.54 Å². The fourth-order valence-corrected chi connectivity index (χ4v) is 4.43. The Balaban J connectivity index is 1.57. The van der Waals surface area contributed by atoms with Crippen LogP contribution in [-0.2, 0) is 9.59 Å². The summed E-state index contributed by atoms with van der Waals surface area (Å²) in [6.45, 7) is 2.67. The molecule has 1 saturated heterocycles. The largest absolute Gasteiger partial charge is 0.438 e. The van der Waals surface area contributed by atoms with Gasteiger partial charge in [0.15, 0.2) is 5.58 Å². The summed E-state index contributed by atoms with van der Waals surface area (Å²) in [5.41, 5.74) is 3.64. The van der Waals surface area contributed by atoms with Gasteiger partial charge in [-0.1, -0.05) is 56.2 Å². The lowest BCUT2D eigenvalue weighted by molar-refractivity contribution is -0.157. The highest BCUT2D eigenvalue weighted by Crippen LogP contribution is 2.35. The zero-order valence-electron chi connectivity index (χ0n) is 18.3. The summed E-state index contributed by atoms with van der Waals surface area (Å²) in [6, 6.07) is 15.8. The number of hydroxylamine groups is 2. The normalized spacial score (nSPS) is 16.9. The fraction of sp³-hybridized carbons (Fsp3) is 0.400. The van der Waals surface area contributed by atoms with E-state index in [-0.39, 0.29) is 18.5 Å². The first-order valence-electron chi connectivity index (χ1n) is 11.3. The second-order valence-corrected chi connectivity index (χ2v) is 8.36. The van der Waals surface area contributed by atoms with Gasteiger partial charge in [-0.25, -0.2) is 10.0 Å². The molecule has 2 amide bonds. The summed E-state index contributed by atoms with van der Waals surface area (Å²) in [7, 11) is 0. The molecule has 1 aliphatic heterocycles. The van der Waals surface area contributed by atoms with Crippen molar-refractivity contribution in [1.82, 2.24) is 14.9 Å². The molecule has 0 radical (unpaired) electrons. The van der Waals surface area contributed by atoms with Crippen molar-refractivity contribution in [3.63, 3.8) is 0 Å². The lowest BCUT2D eigenvalue weighted by Crippen LogP contribution is -2.40. The van der Waals surface area contributed by atoms with E-state index in [0.29, 0.717) is 35.9 Å². The Morgan fingerprint density at radius 1 is 1.28 bits per heavy atom. The van der Waals surface area contributed by atoms with Crippen LogP contribution in [0.2, 0.25) is 0 Å². The van der Waals surface area contributed by atoms with Gasteiger partial charge in [-0.15, -0.1) is 0 Å². The van der Waals surface area contributed by atoms with Crippen LogP contribution in [-0.4, -0.2) is 45.6 Å². The van der Waals surface area contributed by atoms with Gasteiger partial charge in [0.2, 0.25) is 18.2 Å². The number of amides is 2. The Morgan fingerprint density at radius 2 is 2.09 bits per heavy atom. The zero-order chi connectivity index (χ0) is 22.5. The van der Waals surface area contributed by atoms with E-state index in [2.05, 4.69) is 19.1 Å². The molecule has 7 nitrogen and oxygen atoms in total. The molecule has 0 saturated carbocycles. The van der Waals surface area contributed by atoms with E-state index in [0.717, 1.165) is 42.3 Å². The Hall–Kier alpha value is -3.19. The van der Waals surface area contributed by atoms with Crippen LogP contribution in [0.15, 0.2) is 52.9 Å². The number of oxazole rings is 1. The molecule has 32 heavy (non-hydrogen) atoms. The van der Waals surface area contributed by atoms with Gasteiger partial charge in [0.1, 0.15) is 11.6 Å². The molecule has 2 atom stereocenters. The minimum absolute atomic E-state index is 0.000449. The van der Waals surface area contributed by atoms with Crippen molar-refractivity contribution in [1.29, 1.82) is 0 Å². The summed E-state index contributed by atoms with van der Waals surface area (Å²) in [5.74, 6) is 0.0374. The number of benzene rings is 2. The van der Waals surface area contributed by atoms with Gasteiger partial charge < -0.3 is 9.32 Å². The van der Waals surface area contributed by atoms with E-state index in [9.17, 15) is 14.8 Å². The van der Waals surface area contributed by atoms with Crippen molar-refractivity contribution in [2.24, 2.45) is 5.92 Å². The highest BCUT2D eigenvalue weighted by atomic mass is 16.5. The molecule has 0 spiro atoms. The topological polar surface area (TPSA) is 86.9 Å². The third-order valence-electron chi connectivity index (χ3n) is 6.12. The molecule has 3 aromatic rings. The van der Waals surface area contributed by atoms with Crippen LogP contribution < -0.4 is 0 Å². The number of hydrogen-bond acceptors (Lipinski definition) is 5. The van der Waals surface area contributed by atoms with Crippen molar-refractivity contribution in [3.05, 3.63) is 54.4 Å². The van der Waals surface area contributed by atoms with Crippen molar-refractivity contribution in [2.75, 3.05) is 13.1 Å². The SMILES string of the molecule is CCCCC(CN(O)C=O)C(=O)N1CCCC1c1nc2cc(-c3ccccc3)ccc2o1. The van der Waals surface area contributed by atoms with Crippen LogP contribution in [0, 0.1) is 5.92 Å². The molecule has 1 N–H and O–H groups in total. The van der Waals surface area contributed by atoms with Gasteiger partial charge in [0.25, 0.3) is 0 Å². The van der Waals surface area contributed by atoms with Crippen LogP contribution in [0.1, 0.15) is 51.0 Å². The lowest BCUT2D eigenvalue weighted by Gasteiger charge is -2.28. The first kappa shape index (κ1) is 22.0. The lowest BCUT2D eigenvalue weighted by atomic mass is 9.99. The van der Waals surface area contributed by atoms with E-state index in [4.69, 9.17) is 9.40 Å². The summed E-state index contributed by atoms with van der Waals surface area (Å²) in [4.78, 5) is 30.8. The minimum Gasteiger partial charge on any atom is -0.438 e. The van der Waals surface area contributed by atoms with Crippen LogP contribution in [0.4, 0.5) is 0 Å². The summed E-state index contributed by atoms with van der Waals surface area (Å²) in [6.07, 6.45) is 4.40. The average Bonchev–Trinajstić information content (AvgIpc) is 3.48. The third-order valence-corrected chi connectivity index (χ3v) is 6.12. The van der Waals surface area contributed by atoms with Crippen LogP contribution in [0.3, 0.4) is 0 Å². The predicted octanol–water partition coefficient (Wildman–Crippen LogP) is 4.81. The molecule has 1 aliphatic rings. The number of carbonyl (C=O) groups excluding carboxylic acids is 2. The van der Waals surface area contributed by atoms with Crippen molar-refractivity contribution in [3.8, 4) is 11.1 Å². The third kappa shape index (κ3) is 4.67. The molecule has 0 aliphatic carbocycles. The fourth-order valence-electron chi connectivity index (χ4n) is 4.43. The Morgan fingerprint density at radius 3 is 2.84 bits per heavy atom. The van der Waals surface area contributed by atoms with Crippen molar-refractivity contribution < 1.29 is 19.2 Å². The second-order valence-electron chi connectivity index (χ2n) is 8.36. The molecule has 1 aromatic heterocycles. The van der Waals surface area contributed by atoms with Gasteiger partial charge in [-0.3, -0.25) is 14.8 Å². The summed E-state index contributed by atoms with van der Waals surface area (Å²) < 4.78 is 6.07. The number of hydrogen-bond donors (Lipinski definition) is 1.